The summed E-state index contributed by atoms with van der Waals surface area (Å²) in [6.45, 7) is 4.73. The first kappa shape index (κ1) is 17.0. The molecule has 3 atom stereocenters. The van der Waals surface area contributed by atoms with Crippen LogP contribution < -0.4 is 15.0 Å². The Hall–Kier alpha value is -1.88. The predicted octanol–water partition coefficient (Wildman–Crippen LogP) is 2.89. The lowest BCUT2D eigenvalue weighted by Crippen LogP contribution is -2.47. The van der Waals surface area contributed by atoms with E-state index in [0.29, 0.717) is 24.3 Å². The molecule has 2 amide bonds. The summed E-state index contributed by atoms with van der Waals surface area (Å²) in [6.07, 6.45) is 4.97. The quantitative estimate of drug-likeness (QED) is 0.844. The molecule has 1 heterocycles. The smallest absolute Gasteiger partial charge is 0.251 e. The number of rotatable bonds is 5. The summed E-state index contributed by atoms with van der Waals surface area (Å²) in [5.74, 6) is 1.03. The first-order chi connectivity index (χ1) is 11.6. The van der Waals surface area contributed by atoms with Crippen LogP contribution in [0.15, 0.2) is 24.3 Å². The van der Waals surface area contributed by atoms with Crippen LogP contribution in [-0.2, 0) is 9.59 Å². The van der Waals surface area contributed by atoms with E-state index in [2.05, 4.69) is 12.2 Å². The van der Waals surface area contributed by atoms with Crippen LogP contribution in [0.1, 0.15) is 46.0 Å². The van der Waals surface area contributed by atoms with Gasteiger partial charge in [0.2, 0.25) is 5.91 Å². The number of hydrogen-bond donors (Lipinski definition) is 1. The van der Waals surface area contributed by atoms with E-state index in [1.165, 1.54) is 24.2 Å². The van der Waals surface area contributed by atoms with Gasteiger partial charge in [-0.1, -0.05) is 19.8 Å². The number of anilines is 1. The highest BCUT2D eigenvalue weighted by atomic mass is 16.5. The minimum atomic E-state index is -0.394. The molecule has 0 unspecified atom stereocenters. The second-order valence-corrected chi connectivity index (χ2v) is 6.79. The van der Waals surface area contributed by atoms with Crippen LogP contribution in [0.25, 0.3) is 0 Å². The van der Waals surface area contributed by atoms with Gasteiger partial charge >= 0.3 is 0 Å². The van der Waals surface area contributed by atoms with Gasteiger partial charge in [0.1, 0.15) is 5.75 Å². The molecule has 0 spiro atoms. The maximum absolute atomic E-state index is 12.7. The lowest BCUT2D eigenvalue weighted by molar-refractivity contribution is -0.121. The molecule has 130 valence electrons. The van der Waals surface area contributed by atoms with Crippen LogP contribution in [0, 0.1) is 5.92 Å². The zero-order chi connectivity index (χ0) is 17.1. The van der Waals surface area contributed by atoms with Crippen molar-refractivity contribution >= 4 is 17.5 Å². The highest BCUT2D eigenvalue weighted by Gasteiger charge is 2.41. The molecule has 5 heteroatoms. The Balaban J connectivity index is 1.69. The third kappa shape index (κ3) is 3.46. The maximum Gasteiger partial charge on any atom is 0.251 e. The van der Waals surface area contributed by atoms with Crippen molar-refractivity contribution in [1.82, 2.24) is 5.32 Å². The van der Waals surface area contributed by atoms with Crippen molar-refractivity contribution in [2.75, 3.05) is 11.5 Å². The Morgan fingerprint density at radius 3 is 2.54 bits per heavy atom. The number of hydrogen-bond acceptors (Lipinski definition) is 4. The average Bonchev–Trinajstić information content (AvgIpc) is 2.85. The molecule has 1 saturated heterocycles. The number of benzene rings is 1. The van der Waals surface area contributed by atoms with Crippen molar-refractivity contribution < 1.29 is 14.3 Å². The molecular formula is C19H26N2O3. The molecule has 1 aliphatic heterocycles. The Bertz CT molecular complexity index is 599. The molecule has 2 fully saturated rings. The molecule has 2 aliphatic rings. The molecule has 3 rings (SSSR count). The van der Waals surface area contributed by atoms with Gasteiger partial charge in [0.25, 0.3) is 5.91 Å². The molecule has 0 bridgehead atoms. The van der Waals surface area contributed by atoms with Gasteiger partial charge in [-0.2, -0.15) is 0 Å². The van der Waals surface area contributed by atoms with Gasteiger partial charge in [0, 0.05) is 6.04 Å². The second-order valence-electron chi connectivity index (χ2n) is 6.79. The second kappa shape index (κ2) is 7.34. The van der Waals surface area contributed by atoms with E-state index in [1.807, 2.05) is 6.92 Å². The van der Waals surface area contributed by atoms with E-state index in [-0.39, 0.29) is 18.2 Å². The molecule has 1 N–H and O–H groups in total. The SMILES string of the molecule is CCOc1ccc(N2C(=O)C[C@H](N[C@@H]3CCCC[C@@H]3C)C2=O)cc1. The molecule has 1 aromatic carbocycles. The largest absolute Gasteiger partial charge is 0.494 e. The number of ether oxygens (including phenoxy) is 1. The summed E-state index contributed by atoms with van der Waals surface area (Å²) >= 11 is 0. The van der Waals surface area contributed by atoms with Crippen LogP contribution in [0.5, 0.6) is 5.75 Å². The van der Waals surface area contributed by atoms with Gasteiger partial charge in [-0.05, 0) is 49.9 Å². The first-order valence-corrected chi connectivity index (χ1v) is 8.96. The lowest BCUT2D eigenvalue weighted by atomic mass is 9.85. The minimum absolute atomic E-state index is 0.134. The minimum Gasteiger partial charge on any atom is -0.494 e. The molecule has 1 saturated carbocycles. The van der Waals surface area contributed by atoms with Gasteiger partial charge in [0.05, 0.1) is 24.8 Å². The number of imide groups is 1. The molecule has 24 heavy (non-hydrogen) atoms. The van der Waals surface area contributed by atoms with Gasteiger partial charge in [-0.15, -0.1) is 0 Å². The molecule has 1 aromatic rings. The van der Waals surface area contributed by atoms with Crippen LogP contribution in [0.3, 0.4) is 0 Å². The fourth-order valence-electron chi connectivity index (χ4n) is 3.71. The Labute approximate surface area is 143 Å². The fraction of sp³-hybridized carbons (Fsp3) is 0.579. The maximum atomic E-state index is 12.7. The van der Waals surface area contributed by atoms with Crippen LogP contribution in [0.4, 0.5) is 5.69 Å². The van der Waals surface area contributed by atoms with Crippen molar-refractivity contribution in [2.45, 2.75) is 58.0 Å². The summed E-state index contributed by atoms with van der Waals surface area (Å²) in [7, 11) is 0. The predicted molar refractivity (Wildman–Crippen MR) is 93.1 cm³/mol. The van der Waals surface area contributed by atoms with E-state index in [1.54, 1.807) is 24.3 Å². The van der Waals surface area contributed by atoms with E-state index in [4.69, 9.17) is 4.74 Å². The molecule has 0 radical (unpaired) electrons. The third-order valence-corrected chi connectivity index (χ3v) is 5.08. The molecular weight excluding hydrogens is 304 g/mol. The van der Waals surface area contributed by atoms with Crippen molar-refractivity contribution in [3.05, 3.63) is 24.3 Å². The average molecular weight is 330 g/mol. The highest BCUT2D eigenvalue weighted by Crippen LogP contribution is 2.28. The van der Waals surface area contributed by atoms with E-state index in [9.17, 15) is 9.59 Å². The monoisotopic (exact) mass is 330 g/mol. The van der Waals surface area contributed by atoms with Crippen molar-refractivity contribution in [1.29, 1.82) is 0 Å². The lowest BCUT2D eigenvalue weighted by Gasteiger charge is -2.31. The van der Waals surface area contributed by atoms with E-state index >= 15 is 0 Å². The molecule has 1 aliphatic carbocycles. The van der Waals surface area contributed by atoms with Crippen LogP contribution in [0.2, 0.25) is 0 Å². The summed E-state index contributed by atoms with van der Waals surface area (Å²) in [6, 6.07) is 7.07. The number of carbonyl (C=O) groups is 2. The van der Waals surface area contributed by atoms with Gasteiger partial charge < -0.3 is 10.1 Å². The molecule has 0 aromatic heterocycles. The summed E-state index contributed by atoms with van der Waals surface area (Å²) in [5, 5.41) is 3.44. The van der Waals surface area contributed by atoms with Crippen molar-refractivity contribution in [2.24, 2.45) is 5.92 Å². The van der Waals surface area contributed by atoms with E-state index in [0.717, 1.165) is 12.2 Å². The van der Waals surface area contributed by atoms with Gasteiger partial charge in [-0.25, -0.2) is 4.90 Å². The fourth-order valence-corrected chi connectivity index (χ4v) is 3.71. The van der Waals surface area contributed by atoms with Crippen molar-refractivity contribution in [3.8, 4) is 5.75 Å². The highest BCUT2D eigenvalue weighted by molar-refractivity contribution is 6.22. The topological polar surface area (TPSA) is 58.6 Å². The van der Waals surface area contributed by atoms with E-state index < -0.39 is 6.04 Å². The summed E-state index contributed by atoms with van der Waals surface area (Å²) < 4.78 is 5.41. The van der Waals surface area contributed by atoms with Crippen molar-refractivity contribution in [3.63, 3.8) is 0 Å². The zero-order valence-corrected chi connectivity index (χ0v) is 14.5. The normalized spacial score (nSPS) is 27.6. The van der Waals surface area contributed by atoms with Gasteiger partial charge in [-0.3, -0.25) is 9.59 Å². The Kier molecular flexibility index (Phi) is 5.19. The first-order valence-electron chi connectivity index (χ1n) is 8.96. The zero-order valence-electron chi connectivity index (χ0n) is 14.5. The number of nitrogens with zero attached hydrogens (tertiary/aromatic N) is 1. The van der Waals surface area contributed by atoms with Crippen LogP contribution >= 0.6 is 0 Å². The number of carbonyl (C=O) groups excluding carboxylic acids is 2. The number of amides is 2. The Morgan fingerprint density at radius 2 is 1.88 bits per heavy atom. The summed E-state index contributed by atoms with van der Waals surface area (Å²) in [4.78, 5) is 26.4. The summed E-state index contributed by atoms with van der Waals surface area (Å²) in [5.41, 5.74) is 0.620. The Morgan fingerprint density at radius 1 is 1.17 bits per heavy atom. The standard InChI is InChI=1S/C19H26N2O3/c1-3-24-15-10-8-14(9-11-15)21-18(22)12-17(19(21)23)20-16-7-5-4-6-13(16)2/h8-11,13,16-17,20H,3-7,12H2,1-2H3/t13-,16+,17-/m0/s1. The van der Waals surface area contributed by atoms with Crippen LogP contribution in [-0.4, -0.2) is 30.5 Å². The molecule has 5 nitrogen and oxygen atoms in total. The third-order valence-electron chi connectivity index (χ3n) is 5.08. The number of nitrogens with one attached hydrogen (secondary N) is 1. The van der Waals surface area contributed by atoms with Gasteiger partial charge in [0.15, 0.2) is 0 Å².